The molecule has 95 heavy (non-hydrogen) atoms. The molecule has 14 nitrogen and oxygen atoms in total. The van der Waals surface area contributed by atoms with Crippen LogP contribution in [0.3, 0.4) is 0 Å². The van der Waals surface area contributed by atoms with Gasteiger partial charge in [0.1, 0.15) is 32.2 Å². The third kappa shape index (κ3) is 32.9. The van der Waals surface area contributed by atoms with Crippen molar-refractivity contribution in [2.45, 2.75) is 166 Å². The molecule has 7 heterocycles. The molecule has 0 aliphatic carbocycles. The summed E-state index contributed by atoms with van der Waals surface area (Å²) in [5.74, 6) is 9.38. The van der Waals surface area contributed by atoms with Crippen LogP contribution >= 0.6 is 154 Å². The summed E-state index contributed by atoms with van der Waals surface area (Å²) in [7, 11) is 3.26. The first-order valence-electron chi connectivity index (χ1n) is 33.8. The molecule has 2 N–H and O–H groups in total. The lowest BCUT2D eigenvalue weighted by molar-refractivity contribution is -0.0716. The molecular formula is C71H118Br4I2O14S4. The predicted molar refractivity (Wildman–Crippen MR) is 431 cm³/mol. The molecule has 0 bridgehead atoms. The molecule has 0 amide bonds. The standard InChI is InChI=1S/C25H42I2O4S.C25H44O4S.C9H10Br2O2S.C6H8O2S.C5H10Br2O2.CH4/c1-5-9-11-19(7-3)13-28-15-25(16-29-14-20(8-4)12-10-6-2)17-30-21-22(31-18-25)24(27)32-23(21)26;1-5-9-11-21(7-3)13-26-17-25(18-27-14-22(8-4)12-10-6-2)19-28-23-15-30-16-24(23)29-20-25;10-3-9(4-11)5-12-7-1-14-2-8(7)13-6-9;1-7-5-3-9-4-6(5)8-2;6-1-5(2-7,3-8)4-9;/h19-20H,5-18H2,1-4H3;15-16,21-22H,5-14,17-20H2,1-4H3;1-2H,3-6H2;3-4H,1-2H3;8-9H,1-4H2;1H4. The Morgan fingerprint density at radius 3 is 0.958 bits per heavy atom. The fraction of sp³-hybridized carbons (Fsp3) is 0.775. The number of hydrogen-bond acceptors (Lipinski definition) is 18. The van der Waals surface area contributed by atoms with Gasteiger partial charge >= 0.3 is 0 Å². The number of hydrogen-bond donors (Lipinski definition) is 2. The number of unbranched alkanes of at least 4 members (excludes halogenated alkanes) is 4. The van der Waals surface area contributed by atoms with E-state index in [0.717, 1.165) is 88.9 Å². The number of ether oxygens (including phenoxy) is 12. The van der Waals surface area contributed by atoms with Gasteiger partial charge in [0.2, 0.25) is 0 Å². The number of aliphatic hydroxyl groups excluding tert-OH is 2. The molecule has 24 heteroatoms. The molecule has 4 aromatic heterocycles. The average molecular weight is 1900 g/mol. The largest absolute Gasteiger partial charge is 0.492 e. The molecule has 4 aromatic rings. The van der Waals surface area contributed by atoms with Gasteiger partial charge in [0.15, 0.2) is 46.0 Å². The first-order valence-corrected chi connectivity index (χ1v) is 44.1. The maximum Gasteiger partial charge on any atom is 0.186 e. The van der Waals surface area contributed by atoms with Crippen molar-refractivity contribution in [1.29, 1.82) is 0 Å². The molecule has 0 aromatic carbocycles. The highest BCUT2D eigenvalue weighted by atomic mass is 127. The minimum atomic E-state index is -0.389. The van der Waals surface area contributed by atoms with Crippen LogP contribution < -0.4 is 37.9 Å². The van der Waals surface area contributed by atoms with Gasteiger partial charge in [0.05, 0.1) is 83.3 Å². The Hall–Kier alpha value is 0.340. The number of fused-ring (bicyclic) bond motifs is 3. The normalized spacial score (nSPS) is 16.1. The van der Waals surface area contributed by atoms with E-state index in [1.165, 1.54) is 103 Å². The molecule has 3 aliphatic rings. The number of methoxy groups -OCH3 is 2. The smallest absolute Gasteiger partial charge is 0.186 e. The first kappa shape index (κ1) is 91.4. The minimum Gasteiger partial charge on any atom is -0.492 e. The lowest BCUT2D eigenvalue weighted by atomic mass is 9.91. The van der Waals surface area contributed by atoms with Gasteiger partial charge in [-0.3, -0.25) is 0 Å². The molecule has 4 atom stereocenters. The monoisotopic (exact) mass is 1890 g/mol. The molecule has 0 saturated heterocycles. The summed E-state index contributed by atoms with van der Waals surface area (Å²) in [5, 5.41) is 32.3. The summed E-state index contributed by atoms with van der Waals surface area (Å²) in [6.07, 6.45) is 19.7. The quantitative estimate of drug-likeness (QED) is 0.0321. The van der Waals surface area contributed by atoms with Crippen LogP contribution in [0.25, 0.3) is 0 Å². The van der Waals surface area contributed by atoms with Crippen molar-refractivity contribution in [2.75, 3.05) is 141 Å². The zero-order valence-corrected chi connectivity index (χ0v) is 71.8. The highest BCUT2D eigenvalue weighted by molar-refractivity contribution is 14.1. The third-order valence-corrected chi connectivity index (χ3v) is 27.1. The maximum atomic E-state index is 8.76. The average Bonchev–Trinajstić information content (AvgIpc) is 1.68. The number of thiophene rings is 4. The van der Waals surface area contributed by atoms with Gasteiger partial charge in [0.25, 0.3) is 0 Å². The van der Waals surface area contributed by atoms with Crippen LogP contribution in [-0.2, 0) is 18.9 Å². The SMILES string of the molecule is BrCC1(CBr)COc2cscc2OC1.C.CCCCC(CC)COCC1(COCC(CC)CCCC)COc2c(I)sc(I)c2OC1.CCCCC(CC)COCC1(COCC(CC)CCCC)COc2cscc2OC1.COc1cscc1OC.OCC(CO)(CBr)CBr. The fourth-order valence-electron chi connectivity index (χ4n) is 9.85. The van der Waals surface area contributed by atoms with Crippen LogP contribution in [0.4, 0.5) is 0 Å². The Morgan fingerprint density at radius 2 is 0.726 bits per heavy atom. The van der Waals surface area contributed by atoms with Crippen molar-refractivity contribution in [3.63, 3.8) is 0 Å². The van der Waals surface area contributed by atoms with Gasteiger partial charge in [-0.2, -0.15) is 0 Å². The van der Waals surface area contributed by atoms with Crippen molar-refractivity contribution in [3.8, 4) is 46.0 Å². The summed E-state index contributed by atoms with van der Waals surface area (Å²) >= 11 is 24.6. The van der Waals surface area contributed by atoms with Gasteiger partial charge in [0, 0.05) is 85.4 Å². The van der Waals surface area contributed by atoms with Crippen LogP contribution in [0.5, 0.6) is 46.0 Å². The van der Waals surface area contributed by atoms with E-state index in [1.54, 1.807) is 59.6 Å². The Balaban J connectivity index is 0.000000443. The topological polar surface area (TPSA) is 151 Å². The van der Waals surface area contributed by atoms with Crippen LogP contribution in [-0.4, -0.2) is 151 Å². The van der Waals surface area contributed by atoms with Crippen LogP contribution in [0.1, 0.15) is 166 Å². The van der Waals surface area contributed by atoms with Gasteiger partial charge in [-0.05, 0) is 94.5 Å². The Labute approximate surface area is 650 Å². The summed E-state index contributed by atoms with van der Waals surface area (Å²) in [5.41, 5.74) is -0.894. The van der Waals surface area contributed by atoms with Crippen LogP contribution in [0.2, 0.25) is 0 Å². The van der Waals surface area contributed by atoms with Crippen molar-refractivity contribution in [2.24, 2.45) is 45.3 Å². The first-order chi connectivity index (χ1) is 45.6. The van der Waals surface area contributed by atoms with Crippen molar-refractivity contribution >= 4 is 154 Å². The predicted octanol–water partition coefficient (Wildman–Crippen LogP) is 21.6. The zero-order valence-electron chi connectivity index (χ0n) is 57.9. The van der Waals surface area contributed by atoms with E-state index >= 15 is 0 Å². The third-order valence-electron chi connectivity index (χ3n) is 17.2. The van der Waals surface area contributed by atoms with E-state index in [0.29, 0.717) is 100 Å². The molecule has 4 unspecified atom stereocenters. The van der Waals surface area contributed by atoms with Gasteiger partial charge < -0.3 is 67.1 Å². The van der Waals surface area contributed by atoms with E-state index < -0.39 is 0 Å². The Bertz CT molecular complexity index is 2340. The Kier molecular flexibility index (Phi) is 51.2. The van der Waals surface area contributed by atoms with Gasteiger partial charge in [-0.25, -0.2) is 0 Å². The molecule has 0 fully saturated rings. The number of halogens is 6. The summed E-state index contributed by atoms with van der Waals surface area (Å²) in [4.78, 5) is 0. The van der Waals surface area contributed by atoms with E-state index in [9.17, 15) is 0 Å². The lowest BCUT2D eigenvalue weighted by Gasteiger charge is -2.32. The lowest BCUT2D eigenvalue weighted by Crippen LogP contribution is -2.43. The van der Waals surface area contributed by atoms with E-state index in [1.807, 2.05) is 32.3 Å². The van der Waals surface area contributed by atoms with E-state index in [4.69, 9.17) is 67.1 Å². The number of alkyl halides is 4. The van der Waals surface area contributed by atoms with Crippen LogP contribution in [0.15, 0.2) is 32.3 Å². The summed E-state index contributed by atoms with van der Waals surface area (Å²) in [6.45, 7) is 27.5. The molecule has 0 saturated carbocycles. The molecule has 7 rings (SSSR count). The minimum absolute atomic E-state index is 0. The van der Waals surface area contributed by atoms with Crippen LogP contribution in [0, 0.1) is 51.1 Å². The molecule has 0 radical (unpaired) electrons. The van der Waals surface area contributed by atoms with Gasteiger partial charge in [-0.15, -0.1) is 45.3 Å². The van der Waals surface area contributed by atoms with Crippen molar-refractivity contribution < 1.29 is 67.1 Å². The molecule has 3 aliphatic heterocycles. The highest BCUT2D eigenvalue weighted by Crippen LogP contribution is 2.47. The zero-order chi connectivity index (χ0) is 69.1. The maximum absolute atomic E-state index is 8.76. The highest BCUT2D eigenvalue weighted by Gasteiger charge is 2.40. The van der Waals surface area contributed by atoms with E-state index in [2.05, 4.69) is 164 Å². The number of aliphatic hydroxyl groups is 2. The second kappa shape index (κ2) is 53.2. The van der Waals surface area contributed by atoms with Gasteiger partial charge in [-0.1, -0.05) is 204 Å². The number of rotatable bonds is 40. The second-order valence-corrected chi connectivity index (χ2v) is 34.4. The van der Waals surface area contributed by atoms with E-state index in [-0.39, 0.29) is 42.3 Å². The molecular weight excluding hydrogens is 1780 g/mol. The summed E-state index contributed by atoms with van der Waals surface area (Å²) in [6, 6.07) is 0. The Morgan fingerprint density at radius 1 is 0.453 bits per heavy atom. The molecule has 552 valence electrons. The van der Waals surface area contributed by atoms with Crippen molar-refractivity contribution in [1.82, 2.24) is 0 Å². The second-order valence-electron chi connectivity index (χ2n) is 25.3. The fourth-order valence-corrected chi connectivity index (χ4v) is 19.2. The molecule has 0 spiro atoms. The summed E-state index contributed by atoms with van der Waals surface area (Å²) < 4.78 is 73.7. The van der Waals surface area contributed by atoms with Crippen molar-refractivity contribution in [3.05, 3.63) is 38.0 Å².